The summed E-state index contributed by atoms with van der Waals surface area (Å²) in [6, 6.07) is 5.06. The summed E-state index contributed by atoms with van der Waals surface area (Å²) in [7, 11) is 0. The number of amides is 2. The first-order valence-corrected chi connectivity index (χ1v) is 6.07. The number of rotatable bonds is 2. The molecule has 0 fully saturated rings. The number of fused-ring (bicyclic) bond motifs is 1. The highest BCUT2D eigenvalue weighted by Crippen LogP contribution is 2.37. The molecule has 3 N–H and O–H groups in total. The van der Waals surface area contributed by atoms with Crippen molar-refractivity contribution in [2.75, 3.05) is 10.6 Å². The van der Waals surface area contributed by atoms with Crippen LogP contribution in [0.1, 0.15) is 19.5 Å². The van der Waals surface area contributed by atoms with Gasteiger partial charge < -0.3 is 15.7 Å². The predicted octanol–water partition coefficient (Wildman–Crippen LogP) is 2.17. The van der Waals surface area contributed by atoms with Crippen LogP contribution in [0.2, 0.25) is 0 Å². The van der Waals surface area contributed by atoms with Crippen molar-refractivity contribution in [2.45, 2.75) is 20.8 Å². The number of phenols is 1. The first-order valence-electron chi connectivity index (χ1n) is 6.07. The Hall–Kier alpha value is -2.63. The fraction of sp³-hybridized carbons (Fsp3) is 0.214. The monoisotopic (exact) mass is 273 g/mol. The van der Waals surface area contributed by atoms with Gasteiger partial charge in [-0.05, 0) is 25.1 Å². The molecule has 1 aromatic carbocycles. The van der Waals surface area contributed by atoms with Crippen LogP contribution in [0.3, 0.4) is 0 Å². The third-order valence-electron chi connectivity index (χ3n) is 2.71. The van der Waals surface area contributed by atoms with Gasteiger partial charge >= 0.3 is 0 Å². The van der Waals surface area contributed by atoms with Crippen molar-refractivity contribution in [1.82, 2.24) is 4.98 Å². The van der Waals surface area contributed by atoms with E-state index in [1.165, 1.54) is 19.9 Å². The Morgan fingerprint density at radius 2 is 1.70 bits per heavy atom. The molecule has 0 spiro atoms. The zero-order valence-corrected chi connectivity index (χ0v) is 11.4. The number of nitrogens with one attached hydrogen (secondary N) is 2. The Labute approximate surface area is 115 Å². The van der Waals surface area contributed by atoms with Gasteiger partial charge in [-0.1, -0.05) is 0 Å². The molecule has 6 heteroatoms. The van der Waals surface area contributed by atoms with Crippen LogP contribution in [0.25, 0.3) is 10.9 Å². The second-order valence-electron chi connectivity index (χ2n) is 4.53. The van der Waals surface area contributed by atoms with Crippen molar-refractivity contribution in [3.05, 3.63) is 23.9 Å². The molecule has 1 heterocycles. The largest absolute Gasteiger partial charge is 0.504 e. The summed E-state index contributed by atoms with van der Waals surface area (Å²) in [6.07, 6.45) is 0. The molecule has 0 aliphatic rings. The standard InChI is InChI=1S/C14H15N3O3/c1-7-4-5-10-11(16-8(2)18)6-12(17-9(3)19)14(20)13(10)15-7/h4-6,20H,1-3H3,(H,16,18)(H,17,19). The summed E-state index contributed by atoms with van der Waals surface area (Å²) in [5.41, 5.74) is 1.76. The van der Waals surface area contributed by atoms with Crippen molar-refractivity contribution in [1.29, 1.82) is 0 Å². The van der Waals surface area contributed by atoms with E-state index in [1.807, 2.05) is 0 Å². The maximum absolute atomic E-state index is 11.3. The molecule has 1 aromatic heterocycles. The molecule has 0 aliphatic carbocycles. The maximum atomic E-state index is 11.3. The topological polar surface area (TPSA) is 91.3 Å². The van der Waals surface area contributed by atoms with Gasteiger partial charge in [0.25, 0.3) is 0 Å². The molecule has 6 nitrogen and oxygen atoms in total. The quantitative estimate of drug-likeness (QED) is 0.577. The van der Waals surface area contributed by atoms with Gasteiger partial charge in [-0.15, -0.1) is 0 Å². The van der Waals surface area contributed by atoms with Gasteiger partial charge in [0.1, 0.15) is 5.52 Å². The Morgan fingerprint density at radius 3 is 2.30 bits per heavy atom. The van der Waals surface area contributed by atoms with E-state index in [-0.39, 0.29) is 23.3 Å². The maximum Gasteiger partial charge on any atom is 0.221 e. The number of aryl methyl sites for hydroxylation is 1. The predicted molar refractivity (Wildman–Crippen MR) is 76.8 cm³/mol. The van der Waals surface area contributed by atoms with Crippen LogP contribution in [0.5, 0.6) is 5.75 Å². The molecule has 0 saturated heterocycles. The van der Waals surface area contributed by atoms with Gasteiger partial charge in [-0.3, -0.25) is 9.59 Å². The molecule has 2 rings (SSSR count). The number of carbonyl (C=O) groups excluding carboxylic acids is 2. The highest BCUT2D eigenvalue weighted by molar-refractivity contribution is 6.07. The van der Waals surface area contributed by atoms with Crippen LogP contribution in [0, 0.1) is 6.92 Å². The lowest BCUT2D eigenvalue weighted by Crippen LogP contribution is -2.10. The summed E-state index contributed by atoms with van der Waals surface area (Å²) >= 11 is 0. The molecular weight excluding hydrogens is 258 g/mol. The fourth-order valence-corrected chi connectivity index (χ4v) is 1.95. The van der Waals surface area contributed by atoms with E-state index >= 15 is 0 Å². The van der Waals surface area contributed by atoms with E-state index in [0.29, 0.717) is 16.6 Å². The second-order valence-corrected chi connectivity index (χ2v) is 4.53. The molecular formula is C14H15N3O3. The van der Waals surface area contributed by atoms with E-state index in [4.69, 9.17) is 0 Å². The smallest absolute Gasteiger partial charge is 0.221 e. The van der Waals surface area contributed by atoms with Crippen LogP contribution in [0.15, 0.2) is 18.2 Å². The van der Waals surface area contributed by atoms with E-state index in [1.54, 1.807) is 19.1 Å². The van der Waals surface area contributed by atoms with E-state index < -0.39 is 0 Å². The zero-order chi connectivity index (χ0) is 14.9. The molecule has 0 unspecified atom stereocenters. The molecule has 104 valence electrons. The third kappa shape index (κ3) is 2.69. The van der Waals surface area contributed by atoms with Gasteiger partial charge in [-0.25, -0.2) is 4.98 Å². The van der Waals surface area contributed by atoms with Crippen molar-refractivity contribution in [3.8, 4) is 5.75 Å². The number of hydrogen-bond acceptors (Lipinski definition) is 4. The van der Waals surface area contributed by atoms with Crippen LogP contribution >= 0.6 is 0 Å². The van der Waals surface area contributed by atoms with Crippen LogP contribution in [-0.2, 0) is 9.59 Å². The summed E-state index contributed by atoms with van der Waals surface area (Å²) in [5.74, 6) is -0.680. The lowest BCUT2D eigenvalue weighted by atomic mass is 10.1. The fourth-order valence-electron chi connectivity index (χ4n) is 1.95. The number of phenolic OH excluding ortho intramolecular Hbond substituents is 1. The van der Waals surface area contributed by atoms with Gasteiger partial charge in [0, 0.05) is 24.9 Å². The second kappa shape index (κ2) is 5.16. The number of aromatic nitrogens is 1. The minimum absolute atomic E-state index is 0.118. The summed E-state index contributed by atoms with van der Waals surface area (Å²) < 4.78 is 0. The van der Waals surface area contributed by atoms with Crippen LogP contribution in [0.4, 0.5) is 11.4 Å². The van der Waals surface area contributed by atoms with E-state index in [0.717, 1.165) is 5.69 Å². The van der Waals surface area contributed by atoms with E-state index in [2.05, 4.69) is 15.6 Å². The highest BCUT2D eigenvalue weighted by atomic mass is 16.3. The lowest BCUT2D eigenvalue weighted by molar-refractivity contribution is -0.115. The summed E-state index contributed by atoms with van der Waals surface area (Å²) in [4.78, 5) is 26.7. The molecule has 2 aromatic rings. The molecule has 2 amide bonds. The Bertz CT molecular complexity index is 710. The third-order valence-corrected chi connectivity index (χ3v) is 2.71. The number of benzene rings is 1. The number of pyridine rings is 1. The molecule has 0 aliphatic heterocycles. The number of hydrogen-bond donors (Lipinski definition) is 3. The minimum atomic E-state index is -0.318. The number of aromatic hydroxyl groups is 1. The number of nitrogens with zero attached hydrogens (tertiary/aromatic N) is 1. The Kier molecular flexibility index (Phi) is 3.56. The SMILES string of the molecule is CC(=O)Nc1cc(NC(C)=O)c2ccc(C)nc2c1O. The number of carbonyl (C=O) groups is 2. The van der Waals surface area contributed by atoms with Crippen molar-refractivity contribution >= 4 is 34.1 Å². The highest BCUT2D eigenvalue weighted by Gasteiger charge is 2.14. The summed E-state index contributed by atoms with van der Waals surface area (Å²) in [5, 5.41) is 16.0. The molecule has 0 radical (unpaired) electrons. The van der Waals surface area contributed by atoms with Crippen molar-refractivity contribution in [2.24, 2.45) is 0 Å². The molecule has 0 bridgehead atoms. The molecule has 0 atom stereocenters. The van der Waals surface area contributed by atoms with E-state index in [9.17, 15) is 14.7 Å². The van der Waals surface area contributed by atoms with Crippen molar-refractivity contribution < 1.29 is 14.7 Å². The van der Waals surface area contributed by atoms with Crippen LogP contribution in [-0.4, -0.2) is 21.9 Å². The summed E-state index contributed by atoms with van der Waals surface area (Å²) in [6.45, 7) is 4.52. The number of anilines is 2. The minimum Gasteiger partial charge on any atom is -0.504 e. The average Bonchev–Trinajstić information content (AvgIpc) is 2.33. The normalized spacial score (nSPS) is 10.3. The lowest BCUT2D eigenvalue weighted by Gasteiger charge is -2.13. The van der Waals surface area contributed by atoms with Gasteiger partial charge in [0.15, 0.2) is 5.75 Å². The first kappa shape index (κ1) is 13.8. The van der Waals surface area contributed by atoms with Gasteiger partial charge in [-0.2, -0.15) is 0 Å². The molecule has 20 heavy (non-hydrogen) atoms. The van der Waals surface area contributed by atoms with Gasteiger partial charge in [0.2, 0.25) is 11.8 Å². The average molecular weight is 273 g/mol. The Balaban J connectivity index is 2.72. The van der Waals surface area contributed by atoms with Gasteiger partial charge in [0.05, 0.1) is 11.4 Å². The first-order chi connectivity index (χ1) is 9.38. The Morgan fingerprint density at radius 1 is 1.10 bits per heavy atom. The van der Waals surface area contributed by atoms with Crippen LogP contribution < -0.4 is 10.6 Å². The zero-order valence-electron chi connectivity index (χ0n) is 11.4. The van der Waals surface area contributed by atoms with Crippen molar-refractivity contribution in [3.63, 3.8) is 0 Å². The molecule has 0 saturated carbocycles.